The maximum atomic E-state index is 12.8. The topological polar surface area (TPSA) is 60.1 Å². The van der Waals surface area contributed by atoms with Crippen LogP contribution in [0.15, 0.2) is 59.4 Å². The molecule has 0 spiro atoms. The van der Waals surface area contributed by atoms with E-state index in [2.05, 4.69) is 5.10 Å². The van der Waals surface area contributed by atoms with E-state index in [1.54, 1.807) is 11.6 Å². The largest absolute Gasteiger partial charge is 0.345 e. The first-order valence-electron chi connectivity index (χ1n) is 10.1. The molecule has 1 aromatic heterocycles. The smallest absolute Gasteiger partial charge is 0.339 e. The van der Waals surface area contributed by atoms with Crippen LogP contribution < -0.4 is 5.69 Å². The van der Waals surface area contributed by atoms with Gasteiger partial charge in [0.2, 0.25) is 0 Å². The standard InChI is InChI=1S/C23H26N4O2/c1-17-7-6-10-20(15-17)22(28)26-13-11-19(12-14-26)21-24-25(2)23(29)27(21)16-18-8-4-3-5-9-18/h3-10,15,19H,11-14,16H2,1-2H3. The Morgan fingerprint density at radius 1 is 1.07 bits per heavy atom. The van der Waals surface area contributed by atoms with Crippen molar-refractivity contribution < 1.29 is 4.79 Å². The fraction of sp³-hybridized carbons (Fsp3) is 0.348. The van der Waals surface area contributed by atoms with Gasteiger partial charge < -0.3 is 4.90 Å². The minimum Gasteiger partial charge on any atom is -0.339 e. The summed E-state index contributed by atoms with van der Waals surface area (Å²) in [6.45, 7) is 3.86. The Morgan fingerprint density at radius 3 is 2.48 bits per heavy atom. The van der Waals surface area contributed by atoms with E-state index in [9.17, 15) is 9.59 Å². The van der Waals surface area contributed by atoms with Crippen LogP contribution in [0.5, 0.6) is 0 Å². The van der Waals surface area contributed by atoms with Gasteiger partial charge in [-0.05, 0) is 37.5 Å². The van der Waals surface area contributed by atoms with Crippen LogP contribution in [0, 0.1) is 6.92 Å². The Bertz CT molecular complexity index is 1060. The van der Waals surface area contributed by atoms with E-state index in [4.69, 9.17) is 0 Å². The number of likely N-dealkylation sites (tertiary alicyclic amines) is 1. The van der Waals surface area contributed by atoms with Crippen LogP contribution in [0.25, 0.3) is 0 Å². The number of piperidine rings is 1. The van der Waals surface area contributed by atoms with Crippen LogP contribution in [-0.2, 0) is 13.6 Å². The summed E-state index contributed by atoms with van der Waals surface area (Å²) < 4.78 is 3.20. The summed E-state index contributed by atoms with van der Waals surface area (Å²) in [6, 6.07) is 17.7. The molecular weight excluding hydrogens is 364 g/mol. The van der Waals surface area contributed by atoms with Crippen molar-refractivity contribution in [2.75, 3.05) is 13.1 Å². The van der Waals surface area contributed by atoms with Crippen molar-refractivity contribution in [1.82, 2.24) is 19.2 Å². The maximum Gasteiger partial charge on any atom is 0.345 e. The van der Waals surface area contributed by atoms with E-state index in [0.29, 0.717) is 19.6 Å². The molecule has 0 radical (unpaired) electrons. The second kappa shape index (κ2) is 8.07. The lowest BCUT2D eigenvalue weighted by Crippen LogP contribution is -2.38. The van der Waals surface area contributed by atoms with Crippen molar-refractivity contribution in [3.05, 3.63) is 87.6 Å². The number of aromatic nitrogens is 3. The maximum absolute atomic E-state index is 12.8. The predicted molar refractivity (Wildman–Crippen MR) is 112 cm³/mol. The van der Waals surface area contributed by atoms with Crippen LogP contribution in [0.4, 0.5) is 0 Å². The Labute approximate surface area is 170 Å². The van der Waals surface area contributed by atoms with Gasteiger partial charge in [-0.2, -0.15) is 5.10 Å². The SMILES string of the molecule is Cc1cccc(C(=O)N2CCC(c3nn(C)c(=O)n3Cc3ccccc3)CC2)c1. The van der Waals surface area contributed by atoms with Gasteiger partial charge in [0.1, 0.15) is 5.82 Å². The quantitative estimate of drug-likeness (QED) is 0.688. The number of amides is 1. The average Bonchev–Trinajstić information content (AvgIpc) is 3.02. The Hall–Kier alpha value is -3.15. The van der Waals surface area contributed by atoms with Crippen molar-refractivity contribution >= 4 is 5.91 Å². The number of carbonyl (C=O) groups excluding carboxylic acids is 1. The molecule has 1 fully saturated rings. The number of carbonyl (C=O) groups is 1. The molecule has 6 nitrogen and oxygen atoms in total. The Morgan fingerprint density at radius 2 is 1.79 bits per heavy atom. The van der Waals surface area contributed by atoms with Crippen LogP contribution in [0.2, 0.25) is 0 Å². The van der Waals surface area contributed by atoms with Gasteiger partial charge in [0.05, 0.1) is 6.54 Å². The fourth-order valence-electron chi connectivity index (χ4n) is 4.04. The Balaban J connectivity index is 1.49. The summed E-state index contributed by atoms with van der Waals surface area (Å²) in [7, 11) is 1.70. The van der Waals surface area contributed by atoms with Gasteiger partial charge in [0.15, 0.2) is 0 Å². The molecule has 2 heterocycles. The minimum atomic E-state index is -0.0953. The molecule has 0 saturated carbocycles. The molecule has 0 N–H and O–H groups in total. The van der Waals surface area contributed by atoms with Crippen molar-refractivity contribution in [2.45, 2.75) is 32.2 Å². The predicted octanol–water partition coefficient (Wildman–Crippen LogP) is 2.96. The Kier molecular flexibility index (Phi) is 5.34. The van der Waals surface area contributed by atoms with Crippen molar-refractivity contribution in [1.29, 1.82) is 0 Å². The van der Waals surface area contributed by atoms with Crippen LogP contribution in [-0.4, -0.2) is 38.2 Å². The first-order valence-corrected chi connectivity index (χ1v) is 10.1. The first-order chi connectivity index (χ1) is 14.0. The third-order valence-electron chi connectivity index (χ3n) is 5.63. The zero-order chi connectivity index (χ0) is 20.4. The molecule has 3 aromatic rings. The van der Waals surface area contributed by atoms with E-state index in [1.165, 1.54) is 4.68 Å². The van der Waals surface area contributed by atoms with Crippen LogP contribution in [0.3, 0.4) is 0 Å². The summed E-state index contributed by atoms with van der Waals surface area (Å²) in [5.74, 6) is 1.08. The van der Waals surface area contributed by atoms with Crippen LogP contribution >= 0.6 is 0 Å². The van der Waals surface area contributed by atoms with Gasteiger partial charge in [-0.25, -0.2) is 9.48 Å². The fourth-order valence-corrected chi connectivity index (χ4v) is 4.04. The van der Waals surface area contributed by atoms with Crippen molar-refractivity contribution in [3.8, 4) is 0 Å². The molecule has 0 bridgehead atoms. The van der Waals surface area contributed by atoms with E-state index in [-0.39, 0.29) is 17.5 Å². The van der Waals surface area contributed by atoms with Gasteiger partial charge in [0, 0.05) is 31.6 Å². The number of benzene rings is 2. The molecule has 0 unspecified atom stereocenters. The second-order valence-electron chi connectivity index (χ2n) is 7.77. The number of hydrogen-bond acceptors (Lipinski definition) is 3. The molecule has 0 aliphatic carbocycles. The molecule has 1 amide bonds. The van der Waals surface area contributed by atoms with Crippen molar-refractivity contribution in [2.24, 2.45) is 7.05 Å². The zero-order valence-corrected chi connectivity index (χ0v) is 16.9. The molecule has 2 aromatic carbocycles. The molecular formula is C23H26N4O2. The summed E-state index contributed by atoms with van der Waals surface area (Å²) >= 11 is 0. The van der Waals surface area contributed by atoms with E-state index < -0.39 is 0 Å². The lowest BCUT2D eigenvalue weighted by molar-refractivity contribution is 0.0710. The summed E-state index contributed by atoms with van der Waals surface area (Å²) in [6.07, 6.45) is 1.62. The number of aryl methyl sites for hydroxylation is 2. The average molecular weight is 390 g/mol. The highest BCUT2D eigenvalue weighted by atomic mass is 16.2. The molecule has 150 valence electrons. The summed E-state index contributed by atoms with van der Waals surface area (Å²) in [5, 5.41) is 4.53. The number of rotatable bonds is 4. The molecule has 29 heavy (non-hydrogen) atoms. The molecule has 1 aliphatic rings. The van der Waals surface area contributed by atoms with E-state index in [0.717, 1.165) is 35.4 Å². The van der Waals surface area contributed by atoms with Gasteiger partial charge in [0.25, 0.3) is 5.91 Å². The van der Waals surface area contributed by atoms with Gasteiger partial charge in [-0.15, -0.1) is 0 Å². The highest BCUT2D eigenvalue weighted by Crippen LogP contribution is 2.27. The summed E-state index contributed by atoms with van der Waals surface area (Å²) in [5.41, 5.74) is 2.81. The van der Waals surface area contributed by atoms with Gasteiger partial charge in [-0.3, -0.25) is 9.36 Å². The van der Waals surface area contributed by atoms with Gasteiger partial charge >= 0.3 is 5.69 Å². The minimum absolute atomic E-state index is 0.0786. The number of hydrogen-bond donors (Lipinski definition) is 0. The molecule has 1 aliphatic heterocycles. The normalized spacial score (nSPS) is 14.9. The first kappa shape index (κ1) is 19.2. The highest BCUT2D eigenvalue weighted by Gasteiger charge is 2.28. The molecule has 1 saturated heterocycles. The lowest BCUT2D eigenvalue weighted by Gasteiger charge is -2.31. The molecule has 4 rings (SSSR count). The van der Waals surface area contributed by atoms with E-state index >= 15 is 0 Å². The lowest BCUT2D eigenvalue weighted by atomic mass is 9.95. The monoisotopic (exact) mass is 390 g/mol. The second-order valence-corrected chi connectivity index (χ2v) is 7.77. The number of nitrogens with zero attached hydrogens (tertiary/aromatic N) is 4. The summed E-state index contributed by atoms with van der Waals surface area (Å²) in [4.78, 5) is 27.3. The third-order valence-corrected chi connectivity index (χ3v) is 5.63. The molecule has 0 atom stereocenters. The highest BCUT2D eigenvalue weighted by molar-refractivity contribution is 5.94. The van der Waals surface area contributed by atoms with Gasteiger partial charge in [-0.1, -0.05) is 48.0 Å². The molecule has 6 heteroatoms. The third kappa shape index (κ3) is 4.01. The van der Waals surface area contributed by atoms with Crippen LogP contribution in [0.1, 0.15) is 46.1 Å². The zero-order valence-electron chi connectivity index (χ0n) is 16.9. The van der Waals surface area contributed by atoms with E-state index in [1.807, 2.05) is 66.4 Å². The van der Waals surface area contributed by atoms with Crippen molar-refractivity contribution in [3.63, 3.8) is 0 Å².